The number of halogens is 8. The monoisotopic (exact) mass is 2340 g/mol. The Kier molecular flexibility index (Phi) is 51.6. The molecule has 0 unspecified atom stereocenters. The summed E-state index contributed by atoms with van der Waals surface area (Å²) in [6.45, 7) is 30.3. The topological polar surface area (TPSA) is 360 Å². The Labute approximate surface area is 860 Å². The van der Waals surface area contributed by atoms with Crippen LogP contribution in [-0.4, -0.2) is 114 Å². The molecule has 0 radical (unpaired) electrons. The molecule has 28 nitrogen and oxygen atoms in total. The molecule has 4 heterocycles. The number of ether oxygens (including phenoxy) is 4. The Morgan fingerprint density at radius 2 is 0.382 bits per heavy atom. The quantitative estimate of drug-likeness (QED) is 0.0235. The van der Waals surface area contributed by atoms with E-state index in [0.717, 1.165) is 136 Å². The number of pyridine rings is 4. The number of rotatable bonds is 24. The Morgan fingerprint density at radius 1 is 0.257 bits per heavy atom. The van der Waals surface area contributed by atoms with Crippen LogP contribution in [0.1, 0.15) is 145 Å². The summed E-state index contributed by atoms with van der Waals surface area (Å²) in [5.74, 6) is 3.30. The molecule has 4 aromatic heterocycles. The van der Waals surface area contributed by atoms with Gasteiger partial charge in [-0.1, -0.05) is 24.3 Å². The van der Waals surface area contributed by atoms with Crippen LogP contribution in [0.3, 0.4) is 0 Å². The third-order valence-electron chi connectivity index (χ3n) is 19.4. The number of non-ortho nitro benzene ring substituents is 4. The number of nitrogens with zero attached hydrogens (tertiary/aromatic N) is 16. The van der Waals surface area contributed by atoms with Crippen molar-refractivity contribution in [1.29, 1.82) is 0 Å². The number of nitro groups is 4. The molecule has 40 heteroatoms. The maximum atomic E-state index is 10.9. The molecule has 0 spiro atoms. The Morgan fingerprint density at radius 3 is 0.493 bits per heavy atom. The molecule has 12 aromatic rings. The third-order valence-corrected chi connectivity index (χ3v) is 19.4. The molecular weight excluding hydrogens is 2250 g/mol. The van der Waals surface area contributed by atoms with Gasteiger partial charge in [-0.25, -0.2) is 19.9 Å². The van der Waals surface area contributed by atoms with Crippen LogP contribution in [0.2, 0.25) is 0 Å². The van der Waals surface area contributed by atoms with Gasteiger partial charge in [0.05, 0.1) is 185 Å². The molecule has 0 amide bonds. The molecule has 0 aliphatic carbocycles. The van der Waals surface area contributed by atoms with Crippen molar-refractivity contribution in [3.05, 3.63) is 349 Å². The first-order chi connectivity index (χ1) is 64.8. The molecular formula is C96H96Br4Cl4Fe4N16O12. The minimum atomic E-state index is -0.437. The minimum absolute atomic E-state index is 0.0209. The molecule has 0 fully saturated rings. The molecule has 136 heavy (non-hydrogen) atoms. The van der Waals surface area contributed by atoms with E-state index in [2.05, 4.69) is 86.4 Å². The van der Waals surface area contributed by atoms with Gasteiger partial charge in [0.2, 0.25) is 0 Å². The first-order valence-corrected chi connectivity index (χ1v) is 57.1. The van der Waals surface area contributed by atoms with Gasteiger partial charge in [-0.05, 0) is 301 Å². The summed E-state index contributed by atoms with van der Waals surface area (Å²) in [6.07, 6.45) is 0. The number of methoxy groups -OCH3 is 4. The standard InChI is InChI=1S/2C25H27N3O2.2C23H21N5O4.4BrH.4ClH.4Fe/c2*1-16-14-20(29-5)10-12-22(16)26-18(3)24-8-7-9-25(28-24)19(4)27-23-13-11-21(30-6)15-17(23)2;2*1-14-12-18(27(29)30)8-10-20(14)24-16(3)22-6-5-7-23(26-22)17(4)25-21-11-9-19(28(31)32)13-15(21)2;;;;;;;;;;;;/h2*7-15H,1-6H3;2*5-13H,1-4H3;8*1H;;;;/q;;;;;;;;;;;;4*+2/p-8. The summed E-state index contributed by atoms with van der Waals surface area (Å²) in [5.41, 5.74) is 25.1. The number of hydrogen-bond donors (Lipinski definition) is 0. The average molecular weight is 2350 g/mol. The van der Waals surface area contributed by atoms with E-state index >= 15 is 0 Å². The molecule has 0 saturated carbocycles. The Bertz CT molecular complexity index is 5720. The van der Waals surface area contributed by atoms with Crippen LogP contribution >= 0.6 is 96.8 Å². The van der Waals surface area contributed by atoms with E-state index in [1.54, 1.807) is 80.4 Å². The van der Waals surface area contributed by atoms with Gasteiger partial charge in [0, 0.05) is 48.5 Å². The molecule has 8 aromatic carbocycles. The average Bonchev–Trinajstić information content (AvgIpc) is 0.827. The fourth-order valence-corrected chi connectivity index (χ4v) is 12.3. The van der Waals surface area contributed by atoms with E-state index in [9.17, 15) is 40.5 Å². The molecule has 12 rings (SSSR count). The first kappa shape index (κ1) is 116. The molecule has 0 bridgehead atoms. The second-order valence-corrected chi connectivity index (χ2v) is 43.7. The normalized spacial score (nSPS) is 11.6. The van der Waals surface area contributed by atoms with Gasteiger partial charge >= 0.3 is 146 Å². The zero-order valence-electron chi connectivity index (χ0n) is 77.3. The fourth-order valence-electron chi connectivity index (χ4n) is 12.3. The molecule has 0 atom stereocenters. The van der Waals surface area contributed by atoms with E-state index < -0.39 is 19.7 Å². The van der Waals surface area contributed by atoms with Crippen LogP contribution in [-0.2, 0) is 48.9 Å². The van der Waals surface area contributed by atoms with Crippen LogP contribution in [0.4, 0.5) is 68.2 Å². The number of aryl methyl sites for hydroxylation is 8. The van der Waals surface area contributed by atoms with Gasteiger partial charge in [-0.15, -0.1) is 0 Å². The van der Waals surface area contributed by atoms with Crippen LogP contribution in [0.25, 0.3) is 0 Å². The summed E-state index contributed by atoms with van der Waals surface area (Å²) < 4.78 is 21.1. The van der Waals surface area contributed by atoms with Crippen molar-refractivity contribution in [2.45, 2.75) is 111 Å². The van der Waals surface area contributed by atoms with Crippen LogP contribution in [0, 0.1) is 95.8 Å². The van der Waals surface area contributed by atoms with Gasteiger partial charge in [0.25, 0.3) is 22.7 Å². The summed E-state index contributed by atoms with van der Waals surface area (Å²) in [4.78, 5) is 98.2. The second kappa shape index (κ2) is 60.4. The SMILES string of the molecule is CC(=Nc1ccc([N+](=O)[O-])cc1C)c1cccc(C(C)=Nc2ccc([N+](=O)[O-])cc2C)n1.CC(=Nc1ccc([N+](=O)[O-])cc1C)c1cccc(C(C)=Nc2ccc([N+](=O)[O-])cc2C)n1.COc1ccc(N=C(C)c2cccc(C(C)=Nc3ccc(OC)cc3C)n2)c(C)c1.COc1ccc(N=C(C)c2cccc(C(C)=Nc3ccc(OC)cc3C)n2)c(C)c1.[Br][Fe][Br].[Br][Fe][Br].[Cl][Fe][Cl].[Cl][Fe][Cl]. The van der Waals surface area contributed by atoms with Crippen LogP contribution < -0.4 is 18.9 Å². The van der Waals surface area contributed by atoms with E-state index in [1.165, 1.54) is 48.5 Å². The first-order valence-electron chi connectivity index (χ1n) is 40.1. The Hall–Kier alpha value is -10.3. The van der Waals surface area contributed by atoms with Crippen LogP contribution in [0.5, 0.6) is 23.0 Å². The number of aliphatic imine (C=N–C) groups is 8. The summed E-state index contributed by atoms with van der Waals surface area (Å²) in [5, 5.41) is 43.7. The number of aromatic nitrogens is 4. The van der Waals surface area contributed by atoms with Gasteiger partial charge < -0.3 is 18.9 Å². The van der Waals surface area contributed by atoms with Crippen molar-refractivity contribution < 1.29 is 87.6 Å². The number of nitro benzene ring substituents is 4. The zero-order valence-corrected chi connectivity index (χ0v) is 91.1. The molecule has 0 saturated heterocycles. The number of hydrogen-bond acceptors (Lipinski definition) is 24. The zero-order chi connectivity index (χ0) is 101. The molecule has 0 aliphatic rings. The van der Waals surface area contributed by atoms with Crippen molar-refractivity contribution >= 4 is 211 Å². The molecule has 0 aliphatic heterocycles. The molecule has 720 valence electrons. The van der Waals surface area contributed by atoms with Gasteiger partial charge in [-0.3, -0.25) is 80.4 Å². The second-order valence-electron chi connectivity index (χ2n) is 28.9. The molecule has 0 N–H and O–H groups in total. The van der Waals surface area contributed by atoms with Gasteiger partial charge in [-0.2, -0.15) is 0 Å². The summed E-state index contributed by atoms with van der Waals surface area (Å²) in [6, 6.07) is 64.3. The van der Waals surface area contributed by atoms with E-state index in [4.69, 9.17) is 89.3 Å². The fraction of sp³-hybridized carbons (Fsp3) is 0.208. The number of benzene rings is 8. The predicted molar refractivity (Wildman–Crippen MR) is 553 cm³/mol. The van der Waals surface area contributed by atoms with Crippen molar-refractivity contribution in [3.8, 4) is 23.0 Å². The van der Waals surface area contributed by atoms with E-state index in [-0.39, 0.29) is 49.0 Å². The van der Waals surface area contributed by atoms with Crippen molar-refractivity contribution in [3.63, 3.8) is 0 Å². The van der Waals surface area contributed by atoms with Crippen molar-refractivity contribution in [2.24, 2.45) is 39.9 Å². The van der Waals surface area contributed by atoms with Crippen molar-refractivity contribution in [1.82, 2.24) is 19.9 Å². The van der Waals surface area contributed by atoms with E-state index in [0.29, 0.717) is 90.6 Å². The van der Waals surface area contributed by atoms with Gasteiger partial charge in [0.1, 0.15) is 23.0 Å². The summed E-state index contributed by atoms with van der Waals surface area (Å²) >= 11 is 14.4. The van der Waals surface area contributed by atoms with E-state index in [1.807, 2.05) is 229 Å². The maximum absolute atomic E-state index is 10.9. The van der Waals surface area contributed by atoms with Crippen molar-refractivity contribution in [2.75, 3.05) is 28.4 Å². The van der Waals surface area contributed by atoms with Crippen LogP contribution in [0.15, 0.2) is 258 Å². The predicted octanol–water partition coefficient (Wildman–Crippen LogP) is 29.7. The Balaban J connectivity index is 0.000000307. The third kappa shape index (κ3) is 37.9. The van der Waals surface area contributed by atoms with Gasteiger partial charge in [0.15, 0.2) is 0 Å². The summed E-state index contributed by atoms with van der Waals surface area (Å²) in [7, 11) is 25.7.